The van der Waals surface area contributed by atoms with Gasteiger partial charge in [-0.1, -0.05) is 36.4 Å². The summed E-state index contributed by atoms with van der Waals surface area (Å²) in [4.78, 5) is 30.5. The minimum Gasteiger partial charge on any atom is -0.476 e. The average molecular weight is 409 g/mol. The van der Waals surface area contributed by atoms with Crippen molar-refractivity contribution in [2.45, 2.75) is 12.6 Å². The summed E-state index contributed by atoms with van der Waals surface area (Å²) in [5.74, 6) is -1.33. The number of nitrogens with one attached hydrogen (secondary N) is 1. The summed E-state index contributed by atoms with van der Waals surface area (Å²) < 4.78 is 10.6. The summed E-state index contributed by atoms with van der Waals surface area (Å²) in [5.41, 5.74) is 1.82. The Labute approximate surface area is 174 Å². The zero-order chi connectivity index (χ0) is 20.9. The second-order valence-corrected chi connectivity index (χ2v) is 7.17. The van der Waals surface area contributed by atoms with E-state index in [1.807, 2.05) is 48.6 Å². The van der Waals surface area contributed by atoms with Crippen LogP contribution in [0, 0.1) is 5.92 Å². The molecule has 1 fully saturated rings. The Hall–Kier alpha value is -3.39. The van der Waals surface area contributed by atoms with Crippen LogP contribution in [0.1, 0.15) is 5.56 Å². The predicted molar refractivity (Wildman–Crippen MR) is 110 cm³/mol. The molecule has 1 aromatic carbocycles. The highest BCUT2D eigenvalue weighted by atomic mass is 16.5. The van der Waals surface area contributed by atoms with E-state index < -0.39 is 12.1 Å². The van der Waals surface area contributed by atoms with E-state index in [1.165, 1.54) is 0 Å². The van der Waals surface area contributed by atoms with E-state index in [0.717, 1.165) is 24.4 Å². The van der Waals surface area contributed by atoms with Crippen molar-refractivity contribution in [3.63, 3.8) is 0 Å². The maximum absolute atomic E-state index is 12.2. The summed E-state index contributed by atoms with van der Waals surface area (Å²) in [5, 5.41) is 12.1. The van der Waals surface area contributed by atoms with E-state index in [2.05, 4.69) is 15.2 Å². The Kier molecular flexibility index (Phi) is 5.94. The Morgan fingerprint density at radius 1 is 1.20 bits per heavy atom. The number of dihydropyridines is 1. The zero-order valence-electron chi connectivity index (χ0n) is 16.4. The van der Waals surface area contributed by atoms with Crippen LogP contribution < -0.4 is 5.32 Å². The summed E-state index contributed by atoms with van der Waals surface area (Å²) in [6, 6.07) is 8.93. The molecule has 3 aliphatic rings. The van der Waals surface area contributed by atoms with Crippen LogP contribution in [0.2, 0.25) is 0 Å². The zero-order valence-corrected chi connectivity index (χ0v) is 16.4. The van der Waals surface area contributed by atoms with Crippen LogP contribution in [0.3, 0.4) is 0 Å². The molecular formula is C22H23N3O5. The van der Waals surface area contributed by atoms with Gasteiger partial charge in [0.15, 0.2) is 5.71 Å². The number of nitrogens with zero attached hydrogens (tertiary/aromatic N) is 2. The standard InChI is InChI=1S/C22H23N3O5/c26-21(27)20-19(24-22(28)30-14-15-4-2-1-3-5-15)12-16-6-7-17(13-18(16)23-20)25-8-10-29-11-9-25/h1-7,12-13,16,18H,8-11,14H2,(H,24,28)(H,26,27)/t16-,18?/m0/s1. The van der Waals surface area contributed by atoms with E-state index in [9.17, 15) is 14.7 Å². The topological polar surface area (TPSA) is 100 Å². The molecule has 0 bridgehead atoms. The van der Waals surface area contributed by atoms with E-state index in [0.29, 0.717) is 13.2 Å². The first kappa shape index (κ1) is 19.9. The molecule has 4 rings (SSSR count). The molecule has 8 heteroatoms. The number of hydrogen-bond acceptors (Lipinski definition) is 6. The van der Waals surface area contributed by atoms with E-state index in [-0.39, 0.29) is 30.0 Å². The van der Waals surface area contributed by atoms with Crippen molar-refractivity contribution in [2.75, 3.05) is 26.3 Å². The fourth-order valence-corrected chi connectivity index (χ4v) is 3.61. The molecule has 2 N–H and O–H groups in total. The SMILES string of the molecule is O=C(NC1=C[C@@H]2C=CC(N3CCOCC3)=CC2N=C1C(=O)O)OCc1ccccc1. The molecule has 2 heterocycles. The number of carbonyl (C=O) groups is 2. The number of morpholine rings is 1. The van der Waals surface area contributed by atoms with Crippen LogP contribution in [0.4, 0.5) is 4.79 Å². The second kappa shape index (κ2) is 8.96. The van der Waals surface area contributed by atoms with Gasteiger partial charge in [0.25, 0.3) is 0 Å². The molecule has 1 aromatic rings. The largest absolute Gasteiger partial charge is 0.476 e. The van der Waals surface area contributed by atoms with Crippen molar-refractivity contribution in [3.05, 3.63) is 71.6 Å². The van der Waals surface area contributed by atoms with Gasteiger partial charge in [-0.3, -0.25) is 10.3 Å². The minimum atomic E-state index is -1.20. The first-order valence-corrected chi connectivity index (χ1v) is 9.84. The highest BCUT2D eigenvalue weighted by Crippen LogP contribution is 2.28. The van der Waals surface area contributed by atoms with Gasteiger partial charge in [0.1, 0.15) is 6.61 Å². The Balaban J connectivity index is 1.44. The highest BCUT2D eigenvalue weighted by molar-refractivity contribution is 6.43. The van der Waals surface area contributed by atoms with Crippen molar-refractivity contribution < 1.29 is 24.2 Å². The quantitative estimate of drug-likeness (QED) is 0.773. The first-order chi connectivity index (χ1) is 14.6. The smallest absolute Gasteiger partial charge is 0.412 e. The molecule has 0 aromatic heterocycles. The van der Waals surface area contributed by atoms with Crippen molar-refractivity contribution in [3.8, 4) is 0 Å². The highest BCUT2D eigenvalue weighted by Gasteiger charge is 2.31. The summed E-state index contributed by atoms with van der Waals surface area (Å²) in [6.45, 7) is 3.01. The molecule has 8 nitrogen and oxygen atoms in total. The molecule has 1 amide bonds. The number of carboxylic acid groups (broad SMARTS) is 1. The summed E-state index contributed by atoms with van der Waals surface area (Å²) in [7, 11) is 0. The number of carboxylic acids is 1. The van der Waals surface area contributed by atoms with Crippen molar-refractivity contribution in [2.24, 2.45) is 10.9 Å². The molecule has 0 spiro atoms. The number of rotatable bonds is 5. The number of fused-ring (bicyclic) bond motifs is 1. The normalized spacial score (nSPS) is 22.9. The number of allylic oxidation sites excluding steroid dienone is 1. The van der Waals surface area contributed by atoms with Gasteiger partial charge in [0.2, 0.25) is 0 Å². The van der Waals surface area contributed by atoms with Crippen LogP contribution in [0.25, 0.3) is 0 Å². The number of aliphatic imine (C=N–C) groups is 1. The lowest BCUT2D eigenvalue weighted by molar-refractivity contribution is -0.129. The fraction of sp³-hybridized carbons (Fsp3) is 0.318. The number of amides is 1. The van der Waals surface area contributed by atoms with Crippen molar-refractivity contribution in [1.29, 1.82) is 0 Å². The monoisotopic (exact) mass is 409 g/mol. The second-order valence-electron chi connectivity index (χ2n) is 7.17. The van der Waals surface area contributed by atoms with Crippen LogP contribution in [0.15, 0.2) is 71.0 Å². The molecule has 0 radical (unpaired) electrons. The predicted octanol–water partition coefficient (Wildman–Crippen LogP) is 2.11. The van der Waals surface area contributed by atoms with Gasteiger partial charge in [-0.15, -0.1) is 0 Å². The number of alkyl carbamates (subject to hydrolysis) is 1. The summed E-state index contributed by atoms with van der Waals surface area (Å²) >= 11 is 0. The molecule has 156 valence electrons. The lowest BCUT2D eigenvalue weighted by Gasteiger charge is -2.34. The number of ether oxygens (including phenoxy) is 2. The maximum Gasteiger partial charge on any atom is 0.412 e. The maximum atomic E-state index is 12.2. The lowest BCUT2D eigenvalue weighted by Crippen LogP contribution is -2.39. The van der Waals surface area contributed by atoms with Gasteiger partial charge in [0, 0.05) is 24.7 Å². The molecule has 1 unspecified atom stereocenters. The lowest BCUT2D eigenvalue weighted by atomic mass is 9.89. The first-order valence-electron chi connectivity index (χ1n) is 9.84. The number of aliphatic carboxylic acids is 1. The number of benzene rings is 1. The molecule has 0 saturated carbocycles. The van der Waals surface area contributed by atoms with Crippen molar-refractivity contribution >= 4 is 17.8 Å². The van der Waals surface area contributed by atoms with Crippen LogP contribution in [-0.2, 0) is 20.9 Å². The Bertz CT molecular complexity index is 929. The van der Waals surface area contributed by atoms with Gasteiger partial charge in [-0.25, -0.2) is 9.59 Å². The molecule has 30 heavy (non-hydrogen) atoms. The van der Waals surface area contributed by atoms with Crippen molar-refractivity contribution in [1.82, 2.24) is 10.2 Å². The van der Waals surface area contributed by atoms with Gasteiger partial charge in [-0.05, 0) is 23.8 Å². The molecule has 1 aliphatic carbocycles. The van der Waals surface area contributed by atoms with Gasteiger partial charge in [0.05, 0.1) is 25.0 Å². The third kappa shape index (κ3) is 4.60. The number of carbonyl (C=O) groups excluding carboxylic acids is 1. The fourth-order valence-electron chi connectivity index (χ4n) is 3.61. The van der Waals surface area contributed by atoms with Gasteiger partial charge >= 0.3 is 12.1 Å². The average Bonchev–Trinajstić information content (AvgIpc) is 2.78. The Morgan fingerprint density at radius 3 is 2.70 bits per heavy atom. The van der Waals surface area contributed by atoms with Crippen LogP contribution >= 0.6 is 0 Å². The van der Waals surface area contributed by atoms with E-state index in [4.69, 9.17) is 9.47 Å². The third-order valence-corrected chi connectivity index (χ3v) is 5.15. The number of hydrogen-bond donors (Lipinski definition) is 2. The van der Waals surface area contributed by atoms with Crippen LogP contribution in [0.5, 0.6) is 0 Å². The minimum absolute atomic E-state index is 0.0943. The van der Waals surface area contributed by atoms with Gasteiger partial charge in [-0.2, -0.15) is 0 Å². The van der Waals surface area contributed by atoms with Crippen LogP contribution in [-0.4, -0.2) is 60.1 Å². The molecular weight excluding hydrogens is 386 g/mol. The van der Waals surface area contributed by atoms with Gasteiger partial charge < -0.3 is 19.5 Å². The molecule has 2 aliphatic heterocycles. The molecule has 1 saturated heterocycles. The van der Waals surface area contributed by atoms with E-state index in [1.54, 1.807) is 6.08 Å². The van der Waals surface area contributed by atoms with E-state index >= 15 is 0 Å². The third-order valence-electron chi connectivity index (χ3n) is 5.15. The summed E-state index contributed by atoms with van der Waals surface area (Å²) in [6.07, 6.45) is 6.96. The Morgan fingerprint density at radius 2 is 1.97 bits per heavy atom. The molecule has 2 atom stereocenters.